The number of anilines is 2. The standard InChI is InChI=1S/C10H15N3O2/c1-7(14)13-4-5-15-10-6-8(11)2-3-9(10)12/h2-3,6H,4-5,11-12H2,1H3,(H,13,14). The number of amides is 1. The second-order valence-electron chi connectivity index (χ2n) is 3.13. The van der Waals surface area contributed by atoms with E-state index in [4.69, 9.17) is 16.2 Å². The van der Waals surface area contributed by atoms with Gasteiger partial charge in [0.1, 0.15) is 12.4 Å². The molecule has 0 aromatic heterocycles. The van der Waals surface area contributed by atoms with E-state index in [9.17, 15) is 4.79 Å². The minimum atomic E-state index is -0.0841. The largest absolute Gasteiger partial charge is 0.490 e. The molecule has 5 nitrogen and oxygen atoms in total. The molecule has 0 spiro atoms. The molecule has 5 N–H and O–H groups in total. The van der Waals surface area contributed by atoms with Crippen LogP contribution in [0.3, 0.4) is 0 Å². The van der Waals surface area contributed by atoms with Crippen LogP contribution in [0.25, 0.3) is 0 Å². The van der Waals surface area contributed by atoms with Gasteiger partial charge in [0.05, 0.1) is 12.2 Å². The van der Waals surface area contributed by atoms with Gasteiger partial charge >= 0.3 is 0 Å². The van der Waals surface area contributed by atoms with E-state index in [1.807, 2.05) is 0 Å². The summed E-state index contributed by atoms with van der Waals surface area (Å²) in [5, 5.41) is 2.61. The molecule has 0 unspecified atom stereocenters. The lowest BCUT2D eigenvalue weighted by molar-refractivity contribution is -0.119. The molecule has 0 radical (unpaired) electrons. The number of hydrogen-bond acceptors (Lipinski definition) is 4. The topological polar surface area (TPSA) is 90.4 Å². The number of carbonyl (C=O) groups is 1. The molecular formula is C10H15N3O2. The molecule has 0 atom stereocenters. The van der Waals surface area contributed by atoms with Crippen molar-refractivity contribution >= 4 is 17.3 Å². The van der Waals surface area contributed by atoms with Gasteiger partial charge in [-0.05, 0) is 12.1 Å². The second kappa shape index (κ2) is 5.09. The number of nitrogens with two attached hydrogens (primary N) is 2. The second-order valence-corrected chi connectivity index (χ2v) is 3.13. The quantitative estimate of drug-likeness (QED) is 0.493. The first-order chi connectivity index (χ1) is 7.09. The molecule has 0 bridgehead atoms. The first-order valence-corrected chi connectivity index (χ1v) is 4.62. The number of carbonyl (C=O) groups excluding carboxylic acids is 1. The molecule has 0 aliphatic carbocycles. The Morgan fingerprint density at radius 1 is 1.47 bits per heavy atom. The van der Waals surface area contributed by atoms with Crippen LogP contribution < -0.4 is 21.5 Å². The number of nitrogens with one attached hydrogen (secondary N) is 1. The monoisotopic (exact) mass is 209 g/mol. The number of nitrogen functional groups attached to an aromatic ring is 2. The lowest BCUT2D eigenvalue weighted by atomic mass is 10.2. The van der Waals surface area contributed by atoms with Crippen molar-refractivity contribution in [2.75, 3.05) is 24.6 Å². The fourth-order valence-electron chi connectivity index (χ4n) is 1.06. The highest BCUT2D eigenvalue weighted by molar-refractivity contribution is 5.72. The lowest BCUT2D eigenvalue weighted by Crippen LogP contribution is -2.25. The van der Waals surface area contributed by atoms with Crippen molar-refractivity contribution in [3.63, 3.8) is 0 Å². The van der Waals surface area contributed by atoms with Gasteiger partial charge < -0.3 is 21.5 Å². The van der Waals surface area contributed by atoms with Crippen molar-refractivity contribution < 1.29 is 9.53 Å². The average Bonchev–Trinajstić information content (AvgIpc) is 2.17. The Morgan fingerprint density at radius 3 is 2.87 bits per heavy atom. The third-order valence-corrected chi connectivity index (χ3v) is 1.77. The van der Waals surface area contributed by atoms with E-state index in [0.717, 1.165) is 0 Å². The van der Waals surface area contributed by atoms with Gasteiger partial charge in [-0.25, -0.2) is 0 Å². The van der Waals surface area contributed by atoms with Crippen molar-refractivity contribution in [3.05, 3.63) is 18.2 Å². The molecule has 1 aromatic carbocycles. The minimum Gasteiger partial charge on any atom is -0.490 e. The van der Waals surface area contributed by atoms with Crippen LogP contribution in [-0.2, 0) is 4.79 Å². The maximum atomic E-state index is 10.6. The number of rotatable bonds is 4. The summed E-state index contributed by atoms with van der Waals surface area (Å²) < 4.78 is 5.35. The van der Waals surface area contributed by atoms with E-state index in [1.54, 1.807) is 18.2 Å². The summed E-state index contributed by atoms with van der Waals surface area (Å²) >= 11 is 0. The highest BCUT2D eigenvalue weighted by Crippen LogP contribution is 2.23. The average molecular weight is 209 g/mol. The van der Waals surface area contributed by atoms with Crippen LogP contribution in [0, 0.1) is 0 Å². The van der Waals surface area contributed by atoms with E-state index in [-0.39, 0.29) is 5.91 Å². The Kier molecular flexibility index (Phi) is 3.79. The molecular weight excluding hydrogens is 194 g/mol. The van der Waals surface area contributed by atoms with Gasteiger partial charge in [0.2, 0.25) is 5.91 Å². The molecule has 1 aromatic rings. The zero-order valence-corrected chi connectivity index (χ0v) is 8.62. The first kappa shape index (κ1) is 11.2. The summed E-state index contributed by atoms with van der Waals surface area (Å²) in [6.45, 7) is 2.27. The van der Waals surface area contributed by atoms with Crippen LogP contribution in [0.15, 0.2) is 18.2 Å². The molecule has 1 rings (SSSR count). The molecule has 0 saturated heterocycles. The molecule has 0 aliphatic rings. The van der Waals surface area contributed by atoms with Gasteiger partial charge in [-0.15, -0.1) is 0 Å². The van der Waals surface area contributed by atoms with Crippen LogP contribution in [0.2, 0.25) is 0 Å². The molecule has 0 fully saturated rings. The van der Waals surface area contributed by atoms with E-state index >= 15 is 0 Å². The predicted octanol–water partition coefficient (Wildman–Crippen LogP) is 0.366. The molecule has 0 heterocycles. The molecule has 0 aliphatic heterocycles. The normalized spacial score (nSPS) is 9.67. The zero-order valence-electron chi connectivity index (χ0n) is 8.62. The van der Waals surface area contributed by atoms with Gasteiger partial charge in [0.25, 0.3) is 0 Å². The highest BCUT2D eigenvalue weighted by Gasteiger charge is 2.00. The Hall–Kier alpha value is -1.91. The Balaban J connectivity index is 2.43. The number of benzene rings is 1. The van der Waals surface area contributed by atoms with Crippen LogP contribution in [0.1, 0.15) is 6.92 Å². The van der Waals surface area contributed by atoms with Gasteiger partial charge in [-0.2, -0.15) is 0 Å². The number of ether oxygens (including phenoxy) is 1. The maximum absolute atomic E-state index is 10.6. The van der Waals surface area contributed by atoms with Crippen LogP contribution >= 0.6 is 0 Å². The van der Waals surface area contributed by atoms with E-state index in [2.05, 4.69) is 5.32 Å². The summed E-state index contributed by atoms with van der Waals surface area (Å²) in [5.41, 5.74) is 12.4. The van der Waals surface area contributed by atoms with E-state index in [0.29, 0.717) is 30.3 Å². The summed E-state index contributed by atoms with van der Waals surface area (Å²) in [6.07, 6.45) is 0. The van der Waals surface area contributed by atoms with Crippen molar-refractivity contribution in [1.29, 1.82) is 0 Å². The fourth-order valence-corrected chi connectivity index (χ4v) is 1.06. The van der Waals surface area contributed by atoms with Crippen LogP contribution in [-0.4, -0.2) is 19.1 Å². The third-order valence-electron chi connectivity index (χ3n) is 1.77. The van der Waals surface area contributed by atoms with Crippen molar-refractivity contribution in [1.82, 2.24) is 5.32 Å². The fraction of sp³-hybridized carbons (Fsp3) is 0.300. The van der Waals surface area contributed by atoms with Crippen molar-refractivity contribution in [2.45, 2.75) is 6.92 Å². The summed E-state index contributed by atoms with van der Waals surface area (Å²) in [7, 11) is 0. The Bertz CT molecular complexity index is 353. The predicted molar refractivity (Wildman–Crippen MR) is 59.4 cm³/mol. The van der Waals surface area contributed by atoms with E-state index in [1.165, 1.54) is 6.92 Å². The Labute approximate surface area is 88.4 Å². The molecule has 0 saturated carbocycles. The third kappa shape index (κ3) is 3.76. The summed E-state index contributed by atoms with van der Waals surface area (Å²) in [5.74, 6) is 0.458. The van der Waals surface area contributed by atoms with Crippen LogP contribution in [0.5, 0.6) is 5.75 Å². The number of hydrogen-bond donors (Lipinski definition) is 3. The van der Waals surface area contributed by atoms with Gasteiger partial charge in [0, 0.05) is 18.7 Å². The van der Waals surface area contributed by atoms with Gasteiger partial charge in [-0.1, -0.05) is 0 Å². The smallest absolute Gasteiger partial charge is 0.216 e. The molecule has 82 valence electrons. The molecule has 1 amide bonds. The van der Waals surface area contributed by atoms with Crippen LogP contribution in [0.4, 0.5) is 11.4 Å². The Morgan fingerprint density at radius 2 is 2.20 bits per heavy atom. The van der Waals surface area contributed by atoms with Gasteiger partial charge in [-0.3, -0.25) is 4.79 Å². The van der Waals surface area contributed by atoms with Crippen molar-refractivity contribution in [2.24, 2.45) is 0 Å². The van der Waals surface area contributed by atoms with Crippen molar-refractivity contribution in [3.8, 4) is 5.75 Å². The molecule has 5 heteroatoms. The van der Waals surface area contributed by atoms with E-state index < -0.39 is 0 Å². The first-order valence-electron chi connectivity index (χ1n) is 4.62. The maximum Gasteiger partial charge on any atom is 0.216 e. The van der Waals surface area contributed by atoms with Gasteiger partial charge in [0.15, 0.2) is 0 Å². The SMILES string of the molecule is CC(=O)NCCOc1cc(N)ccc1N. The summed E-state index contributed by atoms with van der Waals surface area (Å²) in [6, 6.07) is 5.04. The highest BCUT2D eigenvalue weighted by atomic mass is 16.5. The molecule has 15 heavy (non-hydrogen) atoms. The lowest BCUT2D eigenvalue weighted by Gasteiger charge is -2.09. The summed E-state index contributed by atoms with van der Waals surface area (Å²) in [4.78, 5) is 10.6. The zero-order chi connectivity index (χ0) is 11.3. The minimum absolute atomic E-state index is 0.0841.